The van der Waals surface area contributed by atoms with Gasteiger partial charge in [-0.3, -0.25) is 0 Å². The molecule has 0 spiro atoms. The van der Waals surface area contributed by atoms with Gasteiger partial charge in [-0.15, -0.1) is 11.8 Å². The van der Waals surface area contributed by atoms with E-state index in [-0.39, 0.29) is 11.9 Å². The lowest BCUT2D eigenvalue weighted by Gasteiger charge is -2.32. The molecule has 5 nitrogen and oxygen atoms in total. The van der Waals surface area contributed by atoms with Gasteiger partial charge in [-0.25, -0.2) is 9.59 Å². The average Bonchev–Trinajstić information content (AvgIpc) is 3.19. The van der Waals surface area contributed by atoms with Crippen molar-refractivity contribution in [2.24, 2.45) is 5.92 Å². The Morgan fingerprint density at radius 3 is 2.66 bits per heavy atom. The number of rotatable bonds is 6. The lowest BCUT2D eigenvalue weighted by atomic mass is 9.95. The van der Waals surface area contributed by atoms with E-state index in [1.807, 2.05) is 23.9 Å². The SMILES string of the molecule is Cc1c(CCN2CCC(CSc3ccc4c(c3)CCOC4=O)CC2)ccc2c1COC2=O. The largest absolute Gasteiger partial charge is 0.462 e. The van der Waals surface area contributed by atoms with Crippen LogP contribution < -0.4 is 0 Å². The van der Waals surface area contributed by atoms with Crippen molar-refractivity contribution in [1.29, 1.82) is 0 Å². The molecule has 3 aliphatic heterocycles. The quantitative estimate of drug-likeness (QED) is 0.479. The van der Waals surface area contributed by atoms with Crippen molar-refractivity contribution in [2.75, 3.05) is 32.0 Å². The molecule has 168 valence electrons. The monoisotopic (exact) mass is 451 g/mol. The van der Waals surface area contributed by atoms with E-state index in [1.54, 1.807) is 0 Å². The van der Waals surface area contributed by atoms with Gasteiger partial charge in [0.1, 0.15) is 6.61 Å². The summed E-state index contributed by atoms with van der Waals surface area (Å²) in [5.41, 5.74) is 6.21. The molecule has 0 atom stereocenters. The summed E-state index contributed by atoms with van der Waals surface area (Å²) in [7, 11) is 0. The molecular weight excluding hydrogens is 422 g/mol. The molecule has 0 radical (unpaired) electrons. The van der Waals surface area contributed by atoms with Crippen LogP contribution >= 0.6 is 11.8 Å². The highest BCUT2D eigenvalue weighted by molar-refractivity contribution is 7.99. The van der Waals surface area contributed by atoms with E-state index in [0.29, 0.717) is 13.2 Å². The highest BCUT2D eigenvalue weighted by Crippen LogP contribution is 2.30. The van der Waals surface area contributed by atoms with Gasteiger partial charge >= 0.3 is 11.9 Å². The van der Waals surface area contributed by atoms with E-state index in [0.717, 1.165) is 66.4 Å². The normalized spacial score (nSPS) is 18.8. The second-order valence-electron chi connectivity index (χ2n) is 9.00. The Bertz CT molecular complexity index is 1040. The van der Waals surface area contributed by atoms with E-state index in [1.165, 1.54) is 28.9 Å². The standard InChI is InChI=1S/C26H29NO4S/c1-17-19(2-4-23-24(17)15-31-26(23)29)8-12-27-10-6-18(7-11-27)16-32-21-3-5-22-20(14-21)9-13-30-25(22)28/h2-5,14,18H,6-13,15-16H2,1H3. The minimum atomic E-state index is -0.188. The van der Waals surface area contributed by atoms with Gasteiger partial charge in [-0.05, 0) is 86.1 Å². The Balaban J connectivity index is 1.08. The topological polar surface area (TPSA) is 55.8 Å². The second kappa shape index (κ2) is 9.28. The summed E-state index contributed by atoms with van der Waals surface area (Å²) in [6, 6.07) is 10.2. The summed E-state index contributed by atoms with van der Waals surface area (Å²) >= 11 is 1.92. The lowest BCUT2D eigenvalue weighted by molar-refractivity contribution is 0.0478. The molecule has 2 aromatic rings. The van der Waals surface area contributed by atoms with E-state index >= 15 is 0 Å². The van der Waals surface area contributed by atoms with E-state index in [9.17, 15) is 9.59 Å². The zero-order valence-corrected chi connectivity index (χ0v) is 19.3. The van der Waals surface area contributed by atoms with Crippen molar-refractivity contribution >= 4 is 23.7 Å². The Hall–Kier alpha value is -2.31. The molecular formula is C26H29NO4S. The number of piperidine rings is 1. The van der Waals surface area contributed by atoms with Crippen molar-refractivity contribution in [1.82, 2.24) is 4.90 Å². The minimum Gasteiger partial charge on any atom is -0.462 e. The number of carbonyl (C=O) groups excluding carboxylic acids is 2. The van der Waals surface area contributed by atoms with Gasteiger partial charge < -0.3 is 14.4 Å². The maximum atomic E-state index is 11.8. The molecule has 6 heteroatoms. The fourth-order valence-electron chi connectivity index (χ4n) is 4.94. The predicted molar refractivity (Wildman–Crippen MR) is 124 cm³/mol. The van der Waals surface area contributed by atoms with Gasteiger partial charge in [-0.2, -0.15) is 0 Å². The predicted octanol–water partition coefficient (Wildman–Crippen LogP) is 4.43. The fourth-order valence-corrected chi connectivity index (χ4v) is 6.09. The summed E-state index contributed by atoms with van der Waals surface area (Å²) in [4.78, 5) is 27.4. The molecule has 0 bridgehead atoms. The van der Waals surface area contributed by atoms with Crippen LogP contribution in [0.25, 0.3) is 0 Å². The summed E-state index contributed by atoms with van der Waals surface area (Å²) < 4.78 is 10.3. The van der Waals surface area contributed by atoms with Crippen LogP contribution in [0.1, 0.15) is 55.8 Å². The van der Waals surface area contributed by atoms with E-state index in [4.69, 9.17) is 9.47 Å². The molecule has 0 N–H and O–H groups in total. The number of nitrogens with zero attached hydrogens (tertiary/aromatic N) is 1. The summed E-state index contributed by atoms with van der Waals surface area (Å²) in [6.45, 7) is 6.39. The first-order valence-electron chi connectivity index (χ1n) is 11.5. The maximum absolute atomic E-state index is 11.8. The summed E-state index contributed by atoms with van der Waals surface area (Å²) in [5.74, 6) is 1.50. The zero-order chi connectivity index (χ0) is 22.1. The van der Waals surface area contributed by atoms with Gasteiger partial charge in [0.05, 0.1) is 17.7 Å². The third-order valence-corrected chi connectivity index (χ3v) is 8.29. The molecule has 1 fully saturated rings. The van der Waals surface area contributed by atoms with Gasteiger partial charge in [0.2, 0.25) is 0 Å². The van der Waals surface area contributed by atoms with Crippen LogP contribution in [0.3, 0.4) is 0 Å². The van der Waals surface area contributed by atoms with Gasteiger partial charge in [0, 0.05) is 29.2 Å². The number of hydrogen-bond acceptors (Lipinski definition) is 6. The summed E-state index contributed by atoms with van der Waals surface area (Å²) in [5, 5.41) is 0. The second-order valence-corrected chi connectivity index (χ2v) is 10.1. The number of carbonyl (C=O) groups is 2. The minimum absolute atomic E-state index is 0.188. The van der Waals surface area contributed by atoms with Crippen LogP contribution in [0.5, 0.6) is 0 Å². The van der Waals surface area contributed by atoms with Crippen LogP contribution in [0, 0.1) is 12.8 Å². The molecule has 5 rings (SSSR count). The van der Waals surface area contributed by atoms with Crippen LogP contribution in [0.15, 0.2) is 35.2 Å². The lowest BCUT2D eigenvalue weighted by Crippen LogP contribution is -2.35. The highest BCUT2D eigenvalue weighted by Gasteiger charge is 2.25. The first-order chi connectivity index (χ1) is 15.6. The summed E-state index contributed by atoms with van der Waals surface area (Å²) in [6.07, 6.45) is 4.30. The molecule has 0 saturated carbocycles. The van der Waals surface area contributed by atoms with Gasteiger partial charge in [0.15, 0.2) is 0 Å². The van der Waals surface area contributed by atoms with E-state index in [2.05, 4.69) is 30.0 Å². The number of fused-ring (bicyclic) bond motifs is 2. The van der Waals surface area contributed by atoms with Crippen molar-refractivity contribution in [3.8, 4) is 0 Å². The smallest absolute Gasteiger partial charge is 0.338 e. The van der Waals surface area contributed by atoms with Crippen molar-refractivity contribution in [3.05, 3.63) is 63.7 Å². The third-order valence-electron chi connectivity index (χ3n) is 7.07. The van der Waals surface area contributed by atoms with Crippen LogP contribution in [-0.4, -0.2) is 48.8 Å². The van der Waals surface area contributed by atoms with Crippen molar-refractivity contribution in [3.63, 3.8) is 0 Å². The third kappa shape index (κ3) is 4.44. The number of hydrogen-bond donors (Lipinski definition) is 0. The molecule has 1 saturated heterocycles. The molecule has 3 heterocycles. The molecule has 0 amide bonds. The first kappa shape index (κ1) is 21.5. The molecule has 32 heavy (non-hydrogen) atoms. The van der Waals surface area contributed by atoms with Crippen LogP contribution in [0.2, 0.25) is 0 Å². The molecule has 3 aliphatic rings. The Kier molecular flexibility index (Phi) is 6.24. The zero-order valence-electron chi connectivity index (χ0n) is 18.5. The van der Waals surface area contributed by atoms with Crippen LogP contribution in [0.4, 0.5) is 0 Å². The maximum Gasteiger partial charge on any atom is 0.338 e. The Morgan fingerprint density at radius 2 is 1.81 bits per heavy atom. The molecule has 0 aromatic heterocycles. The van der Waals surface area contributed by atoms with Crippen molar-refractivity contribution < 1.29 is 19.1 Å². The molecule has 2 aromatic carbocycles. The Labute approximate surface area is 193 Å². The number of benzene rings is 2. The molecule has 0 aliphatic carbocycles. The number of ether oxygens (including phenoxy) is 2. The van der Waals surface area contributed by atoms with Gasteiger partial charge in [0.25, 0.3) is 0 Å². The average molecular weight is 452 g/mol. The number of esters is 2. The number of cyclic esters (lactones) is 2. The number of thioether (sulfide) groups is 1. The van der Waals surface area contributed by atoms with E-state index < -0.39 is 0 Å². The fraction of sp³-hybridized carbons (Fsp3) is 0.462. The molecule has 0 unspecified atom stereocenters. The number of likely N-dealkylation sites (tertiary alicyclic amines) is 1. The first-order valence-corrected chi connectivity index (χ1v) is 12.5. The highest BCUT2D eigenvalue weighted by atomic mass is 32.2. The Morgan fingerprint density at radius 1 is 1.03 bits per heavy atom. The van der Waals surface area contributed by atoms with Crippen LogP contribution in [-0.2, 0) is 28.9 Å². The van der Waals surface area contributed by atoms with Gasteiger partial charge in [-0.1, -0.05) is 6.07 Å². The van der Waals surface area contributed by atoms with Crippen molar-refractivity contribution in [2.45, 2.75) is 44.1 Å².